The molecule has 3 N–H and O–H groups in total. The van der Waals surface area contributed by atoms with Crippen LogP contribution < -0.4 is 16.3 Å². The minimum absolute atomic E-state index is 0.0372. The first kappa shape index (κ1) is 21.4. The number of benzene rings is 1. The van der Waals surface area contributed by atoms with Crippen LogP contribution in [-0.4, -0.2) is 50.2 Å². The molecule has 3 heterocycles. The van der Waals surface area contributed by atoms with E-state index in [1.807, 2.05) is 43.5 Å². The van der Waals surface area contributed by atoms with E-state index in [9.17, 15) is 9.59 Å². The second kappa shape index (κ2) is 9.16. The van der Waals surface area contributed by atoms with Crippen LogP contribution in [0.3, 0.4) is 0 Å². The normalized spacial score (nSPS) is 20.8. The molecule has 10 nitrogen and oxygen atoms in total. The number of ether oxygens (including phenoxy) is 1. The minimum atomic E-state index is -0.255. The van der Waals surface area contributed by atoms with Crippen LogP contribution in [0.5, 0.6) is 0 Å². The lowest BCUT2D eigenvalue weighted by molar-refractivity contribution is -0.133. The van der Waals surface area contributed by atoms with Crippen LogP contribution in [0.4, 0.5) is 0 Å². The number of amides is 1. The molecule has 1 aliphatic carbocycles. The van der Waals surface area contributed by atoms with Gasteiger partial charge in [-0.15, -0.1) is 0 Å². The summed E-state index contributed by atoms with van der Waals surface area (Å²) >= 11 is 0. The Bertz CT molecular complexity index is 1230. The van der Waals surface area contributed by atoms with Crippen molar-refractivity contribution in [2.24, 2.45) is 5.92 Å². The first-order chi connectivity index (χ1) is 16.1. The second-order valence-corrected chi connectivity index (χ2v) is 8.40. The Morgan fingerprint density at radius 1 is 1.21 bits per heavy atom. The number of carbonyl (C=O) groups excluding carboxylic acids is 1. The fraction of sp³-hybridized carbons (Fsp3) is 0.391. The summed E-state index contributed by atoms with van der Waals surface area (Å²) in [6.07, 6.45) is 5.29. The molecule has 172 valence electrons. The van der Waals surface area contributed by atoms with Crippen molar-refractivity contribution in [3.63, 3.8) is 0 Å². The molecule has 2 aromatic heterocycles. The number of H-pyrrole nitrogens is 1. The Kier molecular flexibility index (Phi) is 5.93. The third-order valence-electron chi connectivity index (χ3n) is 6.15. The van der Waals surface area contributed by atoms with Crippen LogP contribution in [0, 0.1) is 5.92 Å². The van der Waals surface area contributed by atoms with Gasteiger partial charge in [0.05, 0.1) is 24.3 Å². The Morgan fingerprint density at radius 2 is 2.03 bits per heavy atom. The number of aromatic nitrogens is 4. The number of nitrogens with one attached hydrogen (secondary N) is 3. The molecule has 1 aromatic carbocycles. The Hall–Kier alpha value is -3.50. The maximum absolute atomic E-state index is 12.9. The largest absolute Gasteiger partial charge is 0.371 e. The van der Waals surface area contributed by atoms with Crippen molar-refractivity contribution in [1.82, 2.24) is 35.3 Å². The van der Waals surface area contributed by atoms with Gasteiger partial charge in [-0.1, -0.05) is 43.2 Å². The molecule has 0 spiro atoms. The summed E-state index contributed by atoms with van der Waals surface area (Å²) < 4.78 is 7.45. The van der Waals surface area contributed by atoms with Crippen LogP contribution >= 0.6 is 0 Å². The van der Waals surface area contributed by atoms with Gasteiger partial charge in [0.25, 0.3) is 11.3 Å². The van der Waals surface area contributed by atoms with Crippen LogP contribution in [-0.2, 0) is 16.1 Å². The van der Waals surface area contributed by atoms with Gasteiger partial charge in [-0.2, -0.15) is 9.50 Å². The second-order valence-electron chi connectivity index (χ2n) is 8.40. The number of hydrogen-bond donors (Lipinski definition) is 3. The van der Waals surface area contributed by atoms with E-state index in [0.29, 0.717) is 23.8 Å². The molecule has 3 aromatic rings. The van der Waals surface area contributed by atoms with Crippen molar-refractivity contribution >= 4 is 11.7 Å². The molecule has 10 heteroatoms. The van der Waals surface area contributed by atoms with Gasteiger partial charge < -0.3 is 10.1 Å². The zero-order chi connectivity index (χ0) is 22.8. The molecule has 0 bridgehead atoms. The van der Waals surface area contributed by atoms with Crippen molar-refractivity contribution in [3.05, 3.63) is 64.3 Å². The van der Waals surface area contributed by atoms with Gasteiger partial charge in [0, 0.05) is 25.2 Å². The zero-order valence-corrected chi connectivity index (χ0v) is 18.5. The fourth-order valence-corrected chi connectivity index (χ4v) is 4.37. The summed E-state index contributed by atoms with van der Waals surface area (Å²) in [5.74, 6) is 1.35. The summed E-state index contributed by atoms with van der Waals surface area (Å²) in [4.78, 5) is 34.5. The van der Waals surface area contributed by atoms with E-state index < -0.39 is 0 Å². The maximum Gasteiger partial charge on any atom is 0.274 e. The van der Waals surface area contributed by atoms with Crippen molar-refractivity contribution in [2.75, 3.05) is 13.6 Å². The number of carbonyl (C=O) groups is 1. The molecule has 5 rings (SSSR count). The van der Waals surface area contributed by atoms with E-state index in [-0.39, 0.29) is 30.1 Å². The summed E-state index contributed by atoms with van der Waals surface area (Å²) in [7, 11) is 1.87. The molecule has 1 amide bonds. The monoisotopic (exact) mass is 449 g/mol. The molecular formula is C23H27N7O3. The highest BCUT2D eigenvalue weighted by Gasteiger charge is 2.33. The standard InChI is InChI=1S/C23H27N7O3/c1-29-19(11-12-24-29)26-22(32)17-9-5-6-10-18(17)33-14-16-13-20(31)30-23(25-16)27-21(28-30)15-7-3-2-4-8-15/h2-4,7-8,11,13,17-18,24H,5-6,9-10,12,14H2,1H3,(H,26,32)(H,25,27,28). The highest BCUT2D eigenvalue weighted by molar-refractivity contribution is 5.81. The molecule has 1 saturated carbocycles. The first-order valence-corrected chi connectivity index (χ1v) is 11.2. The number of rotatable bonds is 6. The van der Waals surface area contributed by atoms with Crippen molar-refractivity contribution in [2.45, 2.75) is 38.4 Å². The fourth-order valence-electron chi connectivity index (χ4n) is 4.37. The van der Waals surface area contributed by atoms with Crippen molar-refractivity contribution in [3.8, 4) is 11.4 Å². The Labute approximate surface area is 190 Å². The number of hydrogen-bond acceptors (Lipinski definition) is 7. The van der Waals surface area contributed by atoms with E-state index in [0.717, 1.165) is 37.1 Å². The minimum Gasteiger partial charge on any atom is -0.371 e. The molecule has 1 fully saturated rings. The number of nitrogens with zero attached hydrogens (tertiary/aromatic N) is 4. The molecule has 2 aliphatic rings. The quantitative estimate of drug-likeness (QED) is 0.523. The lowest BCUT2D eigenvalue weighted by atomic mass is 9.85. The Balaban J connectivity index is 1.29. The molecule has 0 radical (unpaired) electrons. The maximum atomic E-state index is 12.9. The summed E-state index contributed by atoms with van der Waals surface area (Å²) in [5, 5.41) is 7.80. The number of aromatic amines is 1. The van der Waals surface area contributed by atoms with Crippen molar-refractivity contribution in [1.29, 1.82) is 0 Å². The van der Waals surface area contributed by atoms with E-state index in [1.165, 1.54) is 10.6 Å². The lowest BCUT2D eigenvalue weighted by Gasteiger charge is -2.31. The van der Waals surface area contributed by atoms with E-state index >= 15 is 0 Å². The van der Waals surface area contributed by atoms with Crippen LogP contribution in [0.15, 0.2) is 53.1 Å². The molecule has 2 atom stereocenters. The molecule has 33 heavy (non-hydrogen) atoms. The van der Waals surface area contributed by atoms with E-state index in [4.69, 9.17) is 4.74 Å². The topological polar surface area (TPSA) is 117 Å². The van der Waals surface area contributed by atoms with Gasteiger partial charge >= 0.3 is 0 Å². The SMILES string of the molecule is CN1NCC=C1NC(=O)C1CCCCC1OCc1cc(=O)n2[nH]c(-c3ccccc3)nc2n1. The van der Waals surface area contributed by atoms with Gasteiger partial charge in [0.15, 0.2) is 5.82 Å². The van der Waals surface area contributed by atoms with Crippen LogP contribution in [0.25, 0.3) is 17.2 Å². The number of fused-ring (bicyclic) bond motifs is 1. The zero-order valence-electron chi connectivity index (χ0n) is 18.5. The van der Waals surface area contributed by atoms with Crippen LogP contribution in [0.2, 0.25) is 0 Å². The van der Waals surface area contributed by atoms with Gasteiger partial charge in [-0.25, -0.2) is 10.4 Å². The average Bonchev–Trinajstić information content (AvgIpc) is 3.45. The molecule has 1 aliphatic heterocycles. The molecule has 0 saturated heterocycles. The predicted molar refractivity (Wildman–Crippen MR) is 122 cm³/mol. The predicted octanol–water partition coefficient (Wildman–Crippen LogP) is 1.57. The van der Waals surface area contributed by atoms with E-state index in [1.54, 1.807) is 5.01 Å². The summed E-state index contributed by atoms with van der Waals surface area (Å²) in [5.41, 5.74) is 4.23. The average molecular weight is 450 g/mol. The highest BCUT2D eigenvalue weighted by atomic mass is 16.5. The van der Waals surface area contributed by atoms with Gasteiger partial charge in [-0.3, -0.25) is 19.7 Å². The lowest BCUT2D eigenvalue weighted by Crippen LogP contribution is -2.43. The smallest absolute Gasteiger partial charge is 0.274 e. The van der Waals surface area contributed by atoms with E-state index in [2.05, 4.69) is 25.8 Å². The van der Waals surface area contributed by atoms with Crippen molar-refractivity contribution < 1.29 is 9.53 Å². The third-order valence-corrected chi connectivity index (χ3v) is 6.15. The van der Waals surface area contributed by atoms with Gasteiger partial charge in [0.1, 0.15) is 5.82 Å². The molecular weight excluding hydrogens is 422 g/mol. The van der Waals surface area contributed by atoms with Gasteiger partial charge in [0.2, 0.25) is 5.91 Å². The van der Waals surface area contributed by atoms with Gasteiger partial charge in [-0.05, 0) is 18.9 Å². The van der Waals surface area contributed by atoms with Crippen LogP contribution in [0.1, 0.15) is 31.4 Å². The number of hydrazine groups is 1. The summed E-state index contributed by atoms with van der Waals surface area (Å²) in [6.45, 7) is 0.845. The molecule has 2 unspecified atom stereocenters. The first-order valence-electron chi connectivity index (χ1n) is 11.2. The Morgan fingerprint density at radius 3 is 2.82 bits per heavy atom. The third kappa shape index (κ3) is 4.53. The summed E-state index contributed by atoms with van der Waals surface area (Å²) in [6, 6.07) is 11.0. The highest BCUT2D eigenvalue weighted by Crippen LogP contribution is 2.28.